The standard InChI is InChI=1S/C17H14FN3OS3/c1-11(15(22)19-13-7-5-6-12(18)10-13)24-16-20-21(17(23)25-16)14-8-3-2-4-9-14/h2-11H,1H3,(H,19,22)/t11-/m0/s1. The predicted molar refractivity (Wildman–Crippen MR) is 103 cm³/mol. The van der Waals surface area contributed by atoms with Gasteiger partial charge in [0.25, 0.3) is 0 Å². The minimum Gasteiger partial charge on any atom is -0.325 e. The number of hydrogen-bond donors (Lipinski definition) is 1. The third-order valence-corrected chi connectivity index (χ3v) is 5.69. The van der Waals surface area contributed by atoms with Crippen molar-refractivity contribution < 1.29 is 9.18 Å². The van der Waals surface area contributed by atoms with Crippen LogP contribution < -0.4 is 5.32 Å². The lowest BCUT2D eigenvalue weighted by Crippen LogP contribution is -2.22. The number of anilines is 1. The maximum Gasteiger partial charge on any atom is 0.237 e. The molecule has 0 saturated carbocycles. The van der Waals surface area contributed by atoms with E-state index in [1.54, 1.807) is 23.7 Å². The predicted octanol–water partition coefficient (Wildman–Crippen LogP) is 4.92. The Morgan fingerprint density at radius 2 is 2.04 bits per heavy atom. The van der Waals surface area contributed by atoms with Crippen molar-refractivity contribution in [2.45, 2.75) is 16.5 Å². The summed E-state index contributed by atoms with van der Waals surface area (Å²) < 4.78 is 16.2. The van der Waals surface area contributed by atoms with E-state index in [1.807, 2.05) is 30.3 Å². The smallest absolute Gasteiger partial charge is 0.237 e. The molecule has 4 nitrogen and oxygen atoms in total. The number of aromatic nitrogens is 2. The molecule has 3 aromatic rings. The summed E-state index contributed by atoms with van der Waals surface area (Å²) in [6.07, 6.45) is 0. The van der Waals surface area contributed by atoms with Crippen LogP contribution in [-0.4, -0.2) is 20.9 Å². The second kappa shape index (κ2) is 7.90. The van der Waals surface area contributed by atoms with E-state index in [-0.39, 0.29) is 5.91 Å². The van der Waals surface area contributed by atoms with E-state index >= 15 is 0 Å². The minimum atomic E-state index is -0.395. The molecule has 0 aliphatic rings. The number of para-hydroxylation sites is 1. The summed E-state index contributed by atoms with van der Waals surface area (Å²) in [6, 6.07) is 15.4. The first-order valence-corrected chi connectivity index (χ1v) is 9.52. The number of hydrogen-bond acceptors (Lipinski definition) is 5. The van der Waals surface area contributed by atoms with Gasteiger partial charge in [-0.2, -0.15) is 0 Å². The van der Waals surface area contributed by atoms with Crippen LogP contribution in [0.1, 0.15) is 6.92 Å². The monoisotopic (exact) mass is 391 g/mol. The highest BCUT2D eigenvalue weighted by molar-refractivity contribution is 8.02. The SMILES string of the molecule is C[C@H](Sc1nn(-c2ccccc2)c(=S)s1)C(=O)Nc1cccc(F)c1. The number of amides is 1. The van der Waals surface area contributed by atoms with Gasteiger partial charge < -0.3 is 5.32 Å². The van der Waals surface area contributed by atoms with E-state index in [1.165, 1.54) is 35.2 Å². The fourth-order valence-electron chi connectivity index (χ4n) is 2.06. The number of carbonyl (C=O) groups excluding carboxylic acids is 1. The molecule has 3 rings (SSSR count). The fraction of sp³-hybridized carbons (Fsp3) is 0.118. The molecule has 0 radical (unpaired) electrons. The number of halogens is 1. The van der Waals surface area contributed by atoms with Crippen LogP contribution in [0, 0.1) is 9.77 Å². The van der Waals surface area contributed by atoms with Crippen molar-refractivity contribution in [2.24, 2.45) is 0 Å². The number of nitrogens with zero attached hydrogens (tertiary/aromatic N) is 2. The summed E-state index contributed by atoms with van der Waals surface area (Å²) in [5.41, 5.74) is 1.31. The average Bonchev–Trinajstić information content (AvgIpc) is 2.96. The third kappa shape index (κ3) is 4.53. The van der Waals surface area contributed by atoms with Gasteiger partial charge in [-0.05, 0) is 49.5 Å². The van der Waals surface area contributed by atoms with Crippen LogP contribution >= 0.6 is 35.3 Å². The molecule has 25 heavy (non-hydrogen) atoms. The normalized spacial score (nSPS) is 11.9. The van der Waals surface area contributed by atoms with Gasteiger partial charge in [0.05, 0.1) is 10.9 Å². The lowest BCUT2D eigenvalue weighted by Gasteiger charge is -2.10. The van der Waals surface area contributed by atoms with E-state index < -0.39 is 11.1 Å². The van der Waals surface area contributed by atoms with Crippen molar-refractivity contribution >= 4 is 46.9 Å². The van der Waals surface area contributed by atoms with E-state index in [4.69, 9.17) is 12.2 Å². The Kier molecular flexibility index (Phi) is 5.62. The van der Waals surface area contributed by atoms with Crippen molar-refractivity contribution in [3.05, 3.63) is 64.4 Å². The molecule has 8 heteroatoms. The Bertz CT molecular complexity index is 940. The lowest BCUT2D eigenvalue weighted by atomic mass is 10.3. The van der Waals surface area contributed by atoms with Crippen molar-refractivity contribution in [3.63, 3.8) is 0 Å². The van der Waals surface area contributed by atoms with Crippen LogP contribution in [0.4, 0.5) is 10.1 Å². The zero-order chi connectivity index (χ0) is 17.8. The summed E-state index contributed by atoms with van der Waals surface area (Å²) in [5.74, 6) is -0.610. The van der Waals surface area contributed by atoms with Gasteiger partial charge in [-0.1, -0.05) is 47.4 Å². The summed E-state index contributed by atoms with van der Waals surface area (Å²) in [5, 5.41) is 6.78. The number of benzene rings is 2. The second-order valence-corrected chi connectivity index (χ2v) is 8.35. The lowest BCUT2D eigenvalue weighted by molar-refractivity contribution is -0.115. The molecule has 1 amide bonds. The third-order valence-electron chi connectivity index (χ3n) is 3.27. The van der Waals surface area contributed by atoms with Crippen LogP contribution in [0.2, 0.25) is 0 Å². The molecule has 0 aliphatic carbocycles. The highest BCUT2D eigenvalue weighted by atomic mass is 32.2. The maximum atomic E-state index is 13.2. The van der Waals surface area contributed by atoms with Crippen LogP contribution in [0.3, 0.4) is 0 Å². The summed E-state index contributed by atoms with van der Waals surface area (Å²) >= 11 is 8.03. The fourth-order valence-corrected chi connectivity index (χ4v) is 4.56. The molecule has 0 saturated heterocycles. The van der Waals surface area contributed by atoms with E-state index in [9.17, 15) is 9.18 Å². The highest BCUT2D eigenvalue weighted by Crippen LogP contribution is 2.28. The van der Waals surface area contributed by atoms with Gasteiger partial charge in [0, 0.05) is 5.69 Å². The van der Waals surface area contributed by atoms with Gasteiger partial charge in [0.2, 0.25) is 5.91 Å². The quantitative estimate of drug-likeness (QED) is 0.495. The Balaban J connectivity index is 1.70. The molecule has 0 unspecified atom stereocenters. The Labute approximate surface area is 157 Å². The molecule has 1 N–H and O–H groups in total. The average molecular weight is 392 g/mol. The van der Waals surface area contributed by atoms with Crippen LogP contribution in [0.5, 0.6) is 0 Å². The number of nitrogens with one attached hydrogen (secondary N) is 1. The summed E-state index contributed by atoms with van der Waals surface area (Å²) in [7, 11) is 0. The number of carbonyl (C=O) groups is 1. The molecule has 2 aromatic carbocycles. The minimum absolute atomic E-state index is 0.219. The van der Waals surface area contributed by atoms with Crippen molar-refractivity contribution in [3.8, 4) is 5.69 Å². The Hall–Kier alpha value is -2.03. The summed E-state index contributed by atoms with van der Waals surface area (Å²) in [6.45, 7) is 1.77. The molecular weight excluding hydrogens is 377 g/mol. The first kappa shape index (κ1) is 17.8. The van der Waals surface area contributed by atoms with Crippen LogP contribution in [0.25, 0.3) is 5.69 Å². The molecular formula is C17H14FN3OS3. The van der Waals surface area contributed by atoms with Gasteiger partial charge in [0.1, 0.15) is 5.82 Å². The van der Waals surface area contributed by atoms with E-state index in [2.05, 4.69) is 10.4 Å². The van der Waals surface area contributed by atoms with Gasteiger partial charge in [-0.25, -0.2) is 9.07 Å². The molecule has 1 heterocycles. The Morgan fingerprint density at radius 3 is 2.76 bits per heavy atom. The largest absolute Gasteiger partial charge is 0.325 e. The van der Waals surface area contributed by atoms with Gasteiger partial charge in [-0.15, -0.1) is 5.10 Å². The molecule has 0 fully saturated rings. The summed E-state index contributed by atoms with van der Waals surface area (Å²) in [4.78, 5) is 12.3. The topological polar surface area (TPSA) is 46.9 Å². The van der Waals surface area contributed by atoms with E-state index in [0.717, 1.165) is 5.69 Å². The molecule has 128 valence electrons. The van der Waals surface area contributed by atoms with Crippen molar-refractivity contribution in [1.82, 2.24) is 9.78 Å². The molecule has 1 atom stereocenters. The van der Waals surface area contributed by atoms with Gasteiger partial charge >= 0.3 is 0 Å². The zero-order valence-corrected chi connectivity index (χ0v) is 15.6. The van der Waals surface area contributed by atoms with Crippen LogP contribution in [0.15, 0.2) is 58.9 Å². The number of thioether (sulfide) groups is 1. The first-order valence-electron chi connectivity index (χ1n) is 7.41. The van der Waals surface area contributed by atoms with Gasteiger partial charge in [-0.3, -0.25) is 4.79 Å². The Morgan fingerprint density at radius 1 is 1.28 bits per heavy atom. The van der Waals surface area contributed by atoms with Gasteiger partial charge in [0.15, 0.2) is 8.29 Å². The van der Waals surface area contributed by atoms with Crippen molar-refractivity contribution in [2.75, 3.05) is 5.32 Å². The molecule has 0 bridgehead atoms. The maximum absolute atomic E-state index is 13.2. The van der Waals surface area contributed by atoms with E-state index in [0.29, 0.717) is 14.0 Å². The van der Waals surface area contributed by atoms with Crippen LogP contribution in [-0.2, 0) is 4.79 Å². The first-order chi connectivity index (χ1) is 12.0. The van der Waals surface area contributed by atoms with Crippen molar-refractivity contribution in [1.29, 1.82) is 0 Å². The zero-order valence-electron chi connectivity index (χ0n) is 13.2. The second-order valence-electron chi connectivity index (χ2n) is 5.14. The molecule has 0 aliphatic heterocycles. The molecule has 1 aromatic heterocycles. The number of rotatable bonds is 5. The highest BCUT2D eigenvalue weighted by Gasteiger charge is 2.17. The molecule has 0 spiro atoms.